The second-order valence-electron chi connectivity index (χ2n) is 27.2. The number of carbonyl (C=O) groups is 6. The zero-order valence-corrected chi connectivity index (χ0v) is 57.1. The van der Waals surface area contributed by atoms with Crippen molar-refractivity contribution in [2.75, 3.05) is 71.0 Å². The molecule has 17 atom stereocenters. The third-order valence-corrected chi connectivity index (χ3v) is 20.3. The molecule has 6 aliphatic rings. The molecule has 2 aromatic heterocycles. The number of cyclic esters (lactones) is 1. The minimum absolute atomic E-state index is 0.0104. The van der Waals surface area contributed by atoms with E-state index >= 15 is 0 Å². The lowest BCUT2D eigenvalue weighted by Gasteiger charge is -2.43. The topological polar surface area (TPSA) is 292 Å². The molecule has 518 valence electrons. The quantitative estimate of drug-likeness (QED) is 0.111. The van der Waals surface area contributed by atoms with Gasteiger partial charge in [-0.3, -0.25) is 14.4 Å². The van der Waals surface area contributed by atoms with Crippen LogP contribution in [0.3, 0.4) is 0 Å². The van der Waals surface area contributed by atoms with Gasteiger partial charge in [0, 0.05) is 116 Å². The van der Waals surface area contributed by atoms with Crippen LogP contribution in [0.2, 0.25) is 0 Å². The number of carbonyl (C=O) groups excluding carboxylic acids is 5. The van der Waals surface area contributed by atoms with Crippen molar-refractivity contribution < 1.29 is 77.2 Å². The Balaban J connectivity index is 0.972. The number of fused-ring (bicyclic) bond motifs is 4. The molecule has 2 aromatic rings. The Morgan fingerprint density at radius 3 is 2.20 bits per heavy atom. The highest BCUT2D eigenvalue weighted by atomic mass is 16.6. The molecular weight excluding hydrogens is 1210 g/mol. The summed E-state index contributed by atoms with van der Waals surface area (Å²) in [5, 5.41) is 34.2. The molecular formula is C70H102N8O16. The van der Waals surface area contributed by atoms with Gasteiger partial charge in [0.2, 0.25) is 17.7 Å². The van der Waals surface area contributed by atoms with Gasteiger partial charge in [-0.2, -0.15) is 0 Å². The van der Waals surface area contributed by atoms with E-state index in [9.17, 15) is 44.1 Å². The molecule has 2 bridgehead atoms. The molecule has 3 saturated heterocycles. The number of hydrogen-bond acceptors (Lipinski definition) is 21. The van der Waals surface area contributed by atoms with Crippen molar-refractivity contribution in [2.45, 2.75) is 212 Å². The van der Waals surface area contributed by atoms with Crippen LogP contribution in [-0.4, -0.2) is 208 Å². The van der Waals surface area contributed by atoms with Crippen molar-refractivity contribution in [1.82, 2.24) is 29.7 Å². The number of methoxy groups -OCH3 is 4. The highest BCUT2D eigenvalue weighted by Crippen LogP contribution is 2.39. The number of aryl methyl sites for hydroxylation is 1. The number of nitrogens with zero attached hydrogens (tertiary/aromatic N) is 8. The van der Waals surface area contributed by atoms with Gasteiger partial charge in [-0.25, -0.2) is 34.3 Å². The molecule has 0 spiro atoms. The number of carboxylic acid groups (broad SMARTS) is 1. The molecule has 0 aromatic carbocycles. The van der Waals surface area contributed by atoms with Gasteiger partial charge in [0.1, 0.15) is 36.5 Å². The van der Waals surface area contributed by atoms with E-state index in [1.165, 1.54) is 12.0 Å². The average Bonchev–Trinajstić information content (AvgIpc) is 0.805. The summed E-state index contributed by atoms with van der Waals surface area (Å²) in [5.41, 5.74) is 3.78. The molecule has 3 N–H and O–H groups in total. The minimum Gasteiger partial charge on any atom is -0.480 e. The molecule has 4 fully saturated rings. The number of aliphatic hydroxyl groups is 2. The molecule has 7 heterocycles. The number of anilines is 2. The van der Waals surface area contributed by atoms with E-state index in [0.717, 1.165) is 22.4 Å². The maximum atomic E-state index is 14.9. The first kappa shape index (κ1) is 73.3. The van der Waals surface area contributed by atoms with Crippen LogP contribution < -0.4 is 9.80 Å². The molecule has 24 heteroatoms. The van der Waals surface area contributed by atoms with Gasteiger partial charge in [-0.15, -0.1) is 0 Å². The van der Waals surface area contributed by atoms with E-state index in [1.807, 2.05) is 82.9 Å². The van der Waals surface area contributed by atoms with Crippen LogP contribution in [-0.2, 0) is 70.1 Å². The monoisotopic (exact) mass is 1310 g/mol. The van der Waals surface area contributed by atoms with Crippen molar-refractivity contribution >= 4 is 47.4 Å². The molecule has 8 rings (SSSR count). The van der Waals surface area contributed by atoms with Gasteiger partial charge in [0.05, 0.1) is 43.2 Å². The van der Waals surface area contributed by atoms with Gasteiger partial charge in [0.25, 0.3) is 11.7 Å². The summed E-state index contributed by atoms with van der Waals surface area (Å²) in [7, 11) is 6.16. The number of rotatable bonds is 11. The maximum Gasteiger partial charge on any atom is 0.410 e. The van der Waals surface area contributed by atoms with Gasteiger partial charge >= 0.3 is 18.0 Å². The summed E-state index contributed by atoms with van der Waals surface area (Å²) in [5.74, 6) is -7.61. The fraction of sp³-hybridized carbons (Fsp3) is 0.686. The summed E-state index contributed by atoms with van der Waals surface area (Å²) < 4.78 is 43.0. The number of carboxylic acids is 1. The van der Waals surface area contributed by atoms with E-state index in [0.29, 0.717) is 108 Å². The predicted molar refractivity (Wildman–Crippen MR) is 349 cm³/mol. The molecule has 94 heavy (non-hydrogen) atoms. The van der Waals surface area contributed by atoms with Gasteiger partial charge < -0.3 is 68.1 Å². The Kier molecular flexibility index (Phi) is 26.0. The van der Waals surface area contributed by atoms with Crippen molar-refractivity contribution in [3.63, 3.8) is 0 Å². The van der Waals surface area contributed by atoms with E-state index in [4.69, 9.17) is 38.1 Å². The van der Waals surface area contributed by atoms with Gasteiger partial charge in [-0.1, -0.05) is 71.1 Å². The highest BCUT2D eigenvalue weighted by molar-refractivity contribution is 6.39. The lowest BCUT2D eigenvalue weighted by Crippen LogP contribution is -2.61. The number of piperidine rings is 1. The Morgan fingerprint density at radius 1 is 0.766 bits per heavy atom. The normalized spacial score (nSPS) is 34.8. The van der Waals surface area contributed by atoms with Crippen molar-refractivity contribution in [2.24, 2.45) is 35.5 Å². The fourth-order valence-electron chi connectivity index (χ4n) is 14.4. The van der Waals surface area contributed by atoms with Crippen LogP contribution in [0.5, 0.6) is 0 Å². The van der Waals surface area contributed by atoms with E-state index in [1.54, 1.807) is 63.6 Å². The smallest absolute Gasteiger partial charge is 0.410 e. The molecule has 1 aliphatic carbocycles. The Bertz CT molecular complexity index is 3070. The van der Waals surface area contributed by atoms with Crippen molar-refractivity contribution in [3.8, 4) is 0 Å². The van der Waals surface area contributed by atoms with E-state index < -0.39 is 108 Å². The largest absolute Gasteiger partial charge is 0.480 e. The number of amides is 2. The first-order chi connectivity index (χ1) is 44.9. The van der Waals surface area contributed by atoms with Crippen molar-refractivity contribution in [1.29, 1.82) is 0 Å². The highest BCUT2D eigenvalue weighted by Gasteiger charge is 2.53. The molecule has 0 radical (unpaired) electrons. The van der Waals surface area contributed by atoms with E-state index in [-0.39, 0.29) is 61.9 Å². The van der Waals surface area contributed by atoms with Gasteiger partial charge in [-0.05, 0) is 119 Å². The molecule has 5 aliphatic heterocycles. The second kappa shape index (κ2) is 33.4. The number of aromatic nitrogens is 4. The first-order valence-corrected chi connectivity index (χ1v) is 33.7. The zero-order chi connectivity index (χ0) is 68.1. The summed E-state index contributed by atoms with van der Waals surface area (Å²) in [6.45, 7) is 16.6. The minimum atomic E-state index is -2.46. The van der Waals surface area contributed by atoms with Crippen LogP contribution in [0.25, 0.3) is 0 Å². The third-order valence-electron chi connectivity index (χ3n) is 20.3. The van der Waals surface area contributed by atoms with Crippen LogP contribution in [0.4, 0.5) is 16.7 Å². The predicted octanol–water partition coefficient (Wildman–Crippen LogP) is 7.50. The molecule has 2 amide bonds. The van der Waals surface area contributed by atoms with Gasteiger partial charge in [0.15, 0.2) is 5.78 Å². The number of hydrogen-bond donors (Lipinski definition) is 3. The number of ketones is 2. The Morgan fingerprint density at radius 2 is 1.50 bits per heavy atom. The number of aliphatic hydroxyl groups excluding tert-OH is 1. The fourth-order valence-corrected chi connectivity index (χ4v) is 14.4. The van der Waals surface area contributed by atoms with Crippen LogP contribution >= 0.6 is 0 Å². The lowest BCUT2D eigenvalue weighted by atomic mass is 9.78. The number of piperazine rings is 1. The summed E-state index contributed by atoms with van der Waals surface area (Å²) >= 11 is 0. The van der Waals surface area contributed by atoms with Crippen molar-refractivity contribution in [3.05, 3.63) is 83.0 Å². The van der Waals surface area contributed by atoms with E-state index in [2.05, 4.69) is 15.0 Å². The Labute approximate surface area is 553 Å². The SMILES string of the molecule is CO[C@H]1C[C@@H]2CC[C@@H](C)[C@@](O)(O2)C(=O)C(=O)N2CCCC[C@H]2C(=O)O[C@H]([C@H](C)C[C@@H]2CC[C@@H](OC(=O)N3CCc4nc(N5CCN(c6ncc(C)cn6)[C@@H](C(=O)O)C5)ncc4C3)[C@H](OC)C2)C[C@@H](OC)[C@H](C)/C=C(\C)[C@@H](O)[C@@H](OC)C(=O)[C@H](C)C[C@H](C)/C=C/C=C/C=C/1C. The van der Waals surface area contributed by atoms with Crippen LogP contribution in [0.15, 0.2) is 66.2 Å². The summed E-state index contributed by atoms with van der Waals surface area (Å²) in [6.07, 6.45) is 16.0. The summed E-state index contributed by atoms with van der Waals surface area (Å²) in [4.78, 5) is 109. The molecule has 24 nitrogen and oxygen atoms in total. The first-order valence-electron chi connectivity index (χ1n) is 33.7. The number of esters is 1. The average molecular weight is 1310 g/mol. The third kappa shape index (κ3) is 17.9. The summed E-state index contributed by atoms with van der Waals surface area (Å²) in [6, 6.07) is -2.06. The second-order valence-corrected chi connectivity index (χ2v) is 27.2. The number of ether oxygens (including phenoxy) is 7. The standard InChI is InChI=1S/C70H102N8O16/c1-41-18-14-13-15-19-43(3)56(88-9)34-51-23-21-48(8)70(87,94-51)63(81)64(82)77-26-17-16-20-53(77)66(85)92-58(35-57(89-10)44(4)31-47(7)61(80)62(91-12)60(79)46(6)30-41)45(5)32-49-22-24-55(59(33-49)90-11)93-69(86)76-27-25-52-50(39-76)38-73-68(74-52)75-28-29-78(54(40-75)65(83)84)67-71-36-42(2)37-72-67/h13-15,18-19,31,36-38,41,44-46,48-49,51,53-59,61-62,80,87H,16-17,20-30,32-35,39-40H2,1-12H3,(H,83,84)/b15-13+,18-14+,43-19+,47-31+/t41-,44-,45-,46-,48-,49+,51+,53+,54-,55-,56+,57-,58+,59-,61-,62+,70-/m1/s1. The van der Waals surface area contributed by atoms with Crippen LogP contribution in [0, 0.1) is 42.4 Å². The number of aliphatic carboxylic acids is 1. The number of Topliss-reactive ketones (excluding diaryl/α,β-unsaturated/α-hetero) is 2. The zero-order valence-electron chi connectivity index (χ0n) is 57.1. The Hall–Kier alpha value is -6.54. The lowest BCUT2D eigenvalue weighted by molar-refractivity contribution is -0.265. The molecule has 1 saturated carbocycles. The van der Waals surface area contributed by atoms with Crippen LogP contribution in [0.1, 0.15) is 142 Å². The molecule has 0 unspecified atom stereocenters. The number of allylic oxidation sites excluding steroid dienone is 5. The maximum absolute atomic E-state index is 14.9.